The summed E-state index contributed by atoms with van der Waals surface area (Å²) in [5, 5.41) is 8.48. The molecule has 5 nitrogen and oxygen atoms in total. The first kappa shape index (κ1) is 15.5. The Kier molecular flexibility index (Phi) is 4.55. The van der Waals surface area contributed by atoms with Crippen LogP contribution in [-0.2, 0) is 17.8 Å². The fourth-order valence-corrected chi connectivity index (χ4v) is 2.77. The van der Waals surface area contributed by atoms with Crippen LogP contribution in [0, 0.1) is 5.92 Å². The van der Waals surface area contributed by atoms with Crippen LogP contribution in [-0.4, -0.2) is 21.0 Å². The Morgan fingerprint density at radius 3 is 2.96 bits per heavy atom. The van der Waals surface area contributed by atoms with Gasteiger partial charge in [0.05, 0.1) is 6.20 Å². The van der Waals surface area contributed by atoms with Crippen LogP contribution in [0.5, 0.6) is 5.75 Å². The van der Waals surface area contributed by atoms with Crippen molar-refractivity contribution in [1.29, 1.82) is 0 Å². The summed E-state index contributed by atoms with van der Waals surface area (Å²) in [6.07, 6.45) is 8.37. The van der Waals surface area contributed by atoms with Gasteiger partial charge in [0, 0.05) is 19.0 Å². The van der Waals surface area contributed by atoms with Crippen molar-refractivity contribution in [2.75, 3.05) is 0 Å². The van der Waals surface area contributed by atoms with E-state index in [9.17, 15) is 4.79 Å². The highest BCUT2D eigenvalue weighted by molar-refractivity contribution is 5.75. The van der Waals surface area contributed by atoms with Gasteiger partial charge < -0.3 is 4.74 Å². The molecule has 23 heavy (non-hydrogen) atoms. The maximum atomic E-state index is 11.3. The Morgan fingerprint density at radius 1 is 1.48 bits per heavy atom. The van der Waals surface area contributed by atoms with Gasteiger partial charge in [0.1, 0.15) is 11.4 Å². The van der Waals surface area contributed by atoms with Crippen LogP contribution in [0.4, 0.5) is 0 Å². The zero-order valence-electron chi connectivity index (χ0n) is 13.4. The molecule has 1 saturated carbocycles. The summed E-state index contributed by atoms with van der Waals surface area (Å²) in [7, 11) is 0. The van der Waals surface area contributed by atoms with Crippen molar-refractivity contribution in [2.45, 2.75) is 39.2 Å². The fourth-order valence-electron chi connectivity index (χ4n) is 2.77. The number of carbonyl (C=O) groups is 1. The van der Waals surface area contributed by atoms with E-state index in [2.05, 4.69) is 16.9 Å². The second-order valence-corrected chi connectivity index (χ2v) is 6.04. The summed E-state index contributed by atoms with van der Waals surface area (Å²) in [6.45, 7) is 6.07. The average Bonchev–Trinajstić information content (AvgIpc) is 2.93. The smallest absolute Gasteiger partial charge is 0.308 e. The molecular formula is C18H21N3O2. The number of rotatable bonds is 6. The van der Waals surface area contributed by atoms with Gasteiger partial charge in [0.2, 0.25) is 0 Å². The lowest BCUT2D eigenvalue weighted by atomic mass is 9.85. The highest BCUT2D eigenvalue weighted by Crippen LogP contribution is 2.31. The monoisotopic (exact) mass is 311 g/mol. The largest absolute Gasteiger partial charge is 0.426 e. The molecule has 2 aromatic rings. The molecule has 0 atom stereocenters. The molecule has 0 amide bonds. The molecule has 1 heterocycles. The molecule has 1 aromatic heterocycles. The summed E-state index contributed by atoms with van der Waals surface area (Å²) >= 11 is 0. The maximum Gasteiger partial charge on any atom is 0.308 e. The number of benzene rings is 1. The summed E-state index contributed by atoms with van der Waals surface area (Å²) in [6, 6.07) is 5.72. The van der Waals surface area contributed by atoms with Gasteiger partial charge in [-0.3, -0.25) is 9.48 Å². The lowest BCUT2D eigenvalue weighted by molar-refractivity contribution is -0.131. The molecule has 0 saturated heterocycles. The molecule has 0 radical (unpaired) electrons. The number of allylic oxidation sites excluding steroid dienone is 1. The van der Waals surface area contributed by atoms with Gasteiger partial charge in [-0.15, -0.1) is 11.7 Å². The van der Waals surface area contributed by atoms with Gasteiger partial charge in [-0.25, -0.2) is 0 Å². The topological polar surface area (TPSA) is 57.0 Å². The van der Waals surface area contributed by atoms with E-state index in [1.54, 1.807) is 6.07 Å². The predicted octanol–water partition coefficient (Wildman–Crippen LogP) is 3.40. The third-order valence-electron chi connectivity index (χ3n) is 4.16. The molecule has 1 aliphatic carbocycles. The first-order valence-corrected chi connectivity index (χ1v) is 7.98. The fraction of sp³-hybridized carbons (Fsp3) is 0.389. The standard InChI is InChI=1S/C18H21N3O2/c1-3-5-14-8-9-18(23-13(2)22)16(10-14)17-12-21(20-19-17)11-15-6-4-7-15/h3,8-10,12,15H,1,4-7,11H2,2H3. The van der Waals surface area contributed by atoms with Crippen LogP contribution in [0.2, 0.25) is 0 Å². The molecule has 0 unspecified atom stereocenters. The van der Waals surface area contributed by atoms with Gasteiger partial charge in [-0.1, -0.05) is 23.8 Å². The van der Waals surface area contributed by atoms with Gasteiger partial charge in [-0.05, 0) is 42.9 Å². The zero-order chi connectivity index (χ0) is 16.2. The van der Waals surface area contributed by atoms with E-state index in [1.165, 1.54) is 26.2 Å². The van der Waals surface area contributed by atoms with E-state index in [4.69, 9.17) is 4.74 Å². The number of ether oxygens (including phenoxy) is 1. The Morgan fingerprint density at radius 2 is 2.30 bits per heavy atom. The highest BCUT2D eigenvalue weighted by atomic mass is 16.5. The van der Waals surface area contributed by atoms with E-state index in [-0.39, 0.29) is 5.97 Å². The Hall–Kier alpha value is -2.43. The third-order valence-corrected chi connectivity index (χ3v) is 4.16. The molecular weight excluding hydrogens is 290 g/mol. The molecule has 1 aromatic carbocycles. The third kappa shape index (κ3) is 3.67. The molecule has 120 valence electrons. The molecule has 1 fully saturated rings. The molecule has 0 bridgehead atoms. The van der Waals surface area contributed by atoms with Crippen LogP contribution in [0.1, 0.15) is 31.7 Å². The van der Waals surface area contributed by atoms with Crippen molar-refractivity contribution in [3.05, 3.63) is 42.6 Å². The number of hydrogen-bond acceptors (Lipinski definition) is 4. The average molecular weight is 311 g/mol. The minimum Gasteiger partial charge on any atom is -0.426 e. The van der Waals surface area contributed by atoms with E-state index < -0.39 is 0 Å². The normalized spacial score (nSPS) is 14.3. The van der Waals surface area contributed by atoms with Crippen molar-refractivity contribution < 1.29 is 9.53 Å². The molecule has 0 N–H and O–H groups in total. The Bertz CT molecular complexity index is 717. The van der Waals surface area contributed by atoms with Crippen LogP contribution >= 0.6 is 0 Å². The predicted molar refractivity (Wildman–Crippen MR) is 88.0 cm³/mol. The van der Waals surface area contributed by atoms with Gasteiger partial charge in [0.25, 0.3) is 0 Å². The van der Waals surface area contributed by atoms with Crippen molar-refractivity contribution in [3.8, 4) is 17.0 Å². The first-order valence-electron chi connectivity index (χ1n) is 7.98. The molecule has 0 spiro atoms. The van der Waals surface area contributed by atoms with Crippen molar-refractivity contribution in [1.82, 2.24) is 15.0 Å². The molecule has 3 rings (SSSR count). The van der Waals surface area contributed by atoms with Crippen molar-refractivity contribution in [3.63, 3.8) is 0 Å². The van der Waals surface area contributed by atoms with Gasteiger partial charge >= 0.3 is 5.97 Å². The molecule has 1 aliphatic rings. The first-order chi connectivity index (χ1) is 11.2. The van der Waals surface area contributed by atoms with Gasteiger partial charge in [-0.2, -0.15) is 0 Å². The van der Waals surface area contributed by atoms with E-state index in [0.717, 1.165) is 29.8 Å². The molecule has 5 heteroatoms. The SMILES string of the molecule is C=CCc1ccc(OC(C)=O)c(-c2cn(CC3CCC3)nn2)c1. The lowest BCUT2D eigenvalue weighted by Crippen LogP contribution is -2.18. The van der Waals surface area contributed by atoms with Crippen molar-refractivity contribution >= 4 is 5.97 Å². The summed E-state index contributed by atoms with van der Waals surface area (Å²) in [5.74, 6) is 0.884. The number of esters is 1. The highest BCUT2D eigenvalue weighted by Gasteiger charge is 2.19. The number of carbonyl (C=O) groups excluding carboxylic acids is 1. The maximum absolute atomic E-state index is 11.3. The van der Waals surface area contributed by atoms with Crippen LogP contribution < -0.4 is 4.74 Å². The minimum atomic E-state index is -0.343. The second kappa shape index (κ2) is 6.77. The lowest BCUT2D eigenvalue weighted by Gasteiger charge is -2.24. The van der Waals surface area contributed by atoms with E-state index in [1.807, 2.05) is 29.1 Å². The van der Waals surface area contributed by atoms with Crippen LogP contribution in [0.15, 0.2) is 37.1 Å². The Balaban J connectivity index is 1.89. The number of nitrogens with zero attached hydrogens (tertiary/aromatic N) is 3. The minimum absolute atomic E-state index is 0.343. The number of aromatic nitrogens is 3. The number of hydrogen-bond donors (Lipinski definition) is 0. The molecule has 0 aliphatic heterocycles. The van der Waals surface area contributed by atoms with Crippen LogP contribution in [0.25, 0.3) is 11.3 Å². The van der Waals surface area contributed by atoms with E-state index >= 15 is 0 Å². The second-order valence-electron chi connectivity index (χ2n) is 6.04. The summed E-state index contributed by atoms with van der Waals surface area (Å²) in [5.41, 5.74) is 2.62. The summed E-state index contributed by atoms with van der Waals surface area (Å²) < 4.78 is 7.20. The Labute approximate surface area is 136 Å². The van der Waals surface area contributed by atoms with E-state index in [0.29, 0.717) is 11.7 Å². The zero-order valence-corrected chi connectivity index (χ0v) is 13.4. The van der Waals surface area contributed by atoms with Gasteiger partial charge in [0.15, 0.2) is 0 Å². The van der Waals surface area contributed by atoms with Crippen molar-refractivity contribution in [2.24, 2.45) is 5.92 Å². The van der Waals surface area contributed by atoms with Crippen LogP contribution in [0.3, 0.4) is 0 Å². The summed E-state index contributed by atoms with van der Waals surface area (Å²) in [4.78, 5) is 11.3. The quantitative estimate of drug-likeness (QED) is 0.466.